The highest BCUT2D eigenvalue weighted by atomic mass is 32.2. The summed E-state index contributed by atoms with van der Waals surface area (Å²) in [5.41, 5.74) is 2.04. The van der Waals surface area contributed by atoms with Crippen molar-refractivity contribution < 1.29 is 4.79 Å². The van der Waals surface area contributed by atoms with Gasteiger partial charge < -0.3 is 0 Å². The molecule has 0 N–H and O–H groups in total. The van der Waals surface area contributed by atoms with E-state index in [-0.39, 0.29) is 0 Å². The summed E-state index contributed by atoms with van der Waals surface area (Å²) in [6, 6.07) is 6.15. The van der Waals surface area contributed by atoms with Gasteiger partial charge in [0, 0.05) is 15.6 Å². The molecule has 1 nitrogen and oxygen atoms in total. The molecule has 14 heavy (non-hydrogen) atoms. The number of aldehydes is 1. The smallest absolute Gasteiger partial charge is 0.152 e. The number of hydrogen-bond donors (Lipinski definition) is 0. The molecule has 0 aliphatic heterocycles. The molecule has 0 aliphatic carbocycles. The van der Waals surface area contributed by atoms with Crippen LogP contribution in [0.5, 0.6) is 0 Å². The molecule has 1 heterocycles. The fourth-order valence-electron chi connectivity index (χ4n) is 1.59. The Balaban J connectivity index is 2.88. The van der Waals surface area contributed by atoms with E-state index in [1.54, 1.807) is 23.1 Å². The lowest BCUT2D eigenvalue weighted by Gasteiger charge is -1.96. The van der Waals surface area contributed by atoms with Crippen LogP contribution in [0.3, 0.4) is 0 Å². The van der Waals surface area contributed by atoms with Gasteiger partial charge in [-0.1, -0.05) is 12.1 Å². The molecule has 0 atom stereocenters. The quantitative estimate of drug-likeness (QED) is 0.568. The number of thioether (sulfide) groups is 1. The number of thiophene rings is 1. The number of aryl methyl sites for hydroxylation is 1. The van der Waals surface area contributed by atoms with Gasteiger partial charge in [0.05, 0.1) is 4.21 Å². The molecule has 3 heteroatoms. The maximum absolute atomic E-state index is 11.0. The number of carbonyl (C=O) groups excluding carboxylic acids is 1. The van der Waals surface area contributed by atoms with Crippen molar-refractivity contribution >= 4 is 39.5 Å². The number of rotatable bonds is 2. The molecule has 0 bridgehead atoms. The number of fused-ring (bicyclic) bond motifs is 1. The molecule has 0 radical (unpaired) electrons. The highest BCUT2D eigenvalue weighted by Gasteiger charge is 2.11. The van der Waals surface area contributed by atoms with Gasteiger partial charge in [-0.25, -0.2) is 0 Å². The lowest BCUT2D eigenvalue weighted by Crippen LogP contribution is -1.81. The fraction of sp³-hybridized carbons (Fsp3) is 0.182. The van der Waals surface area contributed by atoms with Crippen LogP contribution in [0.1, 0.15) is 15.9 Å². The minimum Gasteiger partial charge on any atom is -0.298 e. The van der Waals surface area contributed by atoms with Gasteiger partial charge in [0.2, 0.25) is 0 Å². The predicted octanol–water partition coefficient (Wildman–Crippen LogP) is 3.74. The summed E-state index contributed by atoms with van der Waals surface area (Å²) in [6.45, 7) is 2.05. The summed E-state index contributed by atoms with van der Waals surface area (Å²) >= 11 is 3.34. The Morgan fingerprint density at radius 3 is 2.86 bits per heavy atom. The van der Waals surface area contributed by atoms with Crippen LogP contribution in [-0.2, 0) is 0 Å². The molecule has 0 aliphatic rings. The average Bonchev–Trinajstić information content (AvgIpc) is 2.56. The summed E-state index contributed by atoms with van der Waals surface area (Å²) in [7, 11) is 0. The maximum atomic E-state index is 11.0. The largest absolute Gasteiger partial charge is 0.298 e. The van der Waals surface area contributed by atoms with Gasteiger partial charge in [0.25, 0.3) is 0 Å². The van der Waals surface area contributed by atoms with E-state index in [9.17, 15) is 4.79 Å². The van der Waals surface area contributed by atoms with Crippen molar-refractivity contribution in [1.29, 1.82) is 0 Å². The first-order valence-electron chi connectivity index (χ1n) is 4.29. The van der Waals surface area contributed by atoms with E-state index < -0.39 is 0 Å². The van der Waals surface area contributed by atoms with Crippen LogP contribution < -0.4 is 0 Å². The predicted molar refractivity (Wildman–Crippen MR) is 63.7 cm³/mol. The van der Waals surface area contributed by atoms with Crippen LogP contribution >= 0.6 is 23.1 Å². The number of hydrogen-bond acceptors (Lipinski definition) is 3. The molecule has 1 aromatic heterocycles. The molecule has 72 valence electrons. The van der Waals surface area contributed by atoms with Gasteiger partial charge in [0.1, 0.15) is 0 Å². The summed E-state index contributed by atoms with van der Waals surface area (Å²) in [4.78, 5) is 11.0. The molecule has 0 amide bonds. The van der Waals surface area contributed by atoms with Gasteiger partial charge in [0.15, 0.2) is 6.29 Å². The van der Waals surface area contributed by atoms with Crippen molar-refractivity contribution in [2.75, 3.05) is 6.26 Å². The fourth-order valence-corrected chi connectivity index (χ4v) is 3.54. The van der Waals surface area contributed by atoms with Crippen molar-refractivity contribution in [3.8, 4) is 0 Å². The minimum absolute atomic E-state index is 0.857. The first kappa shape index (κ1) is 9.74. The van der Waals surface area contributed by atoms with Gasteiger partial charge in [-0.05, 0) is 24.8 Å². The van der Waals surface area contributed by atoms with Gasteiger partial charge in [-0.15, -0.1) is 23.1 Å². The van der Waals surface area contributed by atoms with E-state index in [0.717, 1.165) is 21.4 Å². The van der Waals surface area contributed by atoms with Crippen LogP contribution in [0.15, 0.2) is 22.4 Å². The second kappa shape index (κ2) is 3.75. The summed E-state index contributed by atoms with van der Waals surface area (Å²) < 4.78 is 2.32. The molecule has 0 unspecified atom stereocenters. The van der Waals surface area contributed by atoms with Crippen LogP contribution in [0, 0.1) is 6.92 Å². The Kier molecular flexibility index (Phi) is 2.61. The van der Waals surface area contributed by atoms with E-state index in [4.69, 9.17) is 0 Å². The van der Waals surface area contributed by atoms with Gasteiger partial charge >= 0.3 is 0 Å². The van der Waals surface area contributed by atoms with Crippen molar-refractivity contribution in [3.05, 3.63) is 29.3 Å². The van der Waals surface area contributed by atoms with Gasteiger partial charge in [-0.2, -0.15) is 0 Å². The Bertz CT molecular complexity index is 485. The van der Waals surface area contributed by atoms with Crippen molar-refractivity contribution in [2.24, 2.45) is 0 Å². The Labute approximate surface area is 91.1 Å². The lowest BCUT2D eigenvalue weighted by atomic mass is 10.1. The molecular formula is C11H10OS2. The van der Waals surface area contributed by atoms with Crippen molar-refractivity contribution in [2.45, 2.75) is 11.1 Å². The standard InChI is InChI=1S/C11H10OS2/c1-7-4-3-5-9-10(7)8(6-12)11(13-2)14-9/h3-6H,1-2H3. The molecule has 0 saturated carbocycles. The topological polar surface area (TPSA) is 17.1 Å². The number of carbonyl (C=O) groups is 1. The second-order valence-electron chi connectivity index (χ2n) is 3.07. The summed E-state index contributed by atoms with van der Waals surface area (Å²) in [5.74, 6) is 0. The number of benzene rings is 1. The minimum atomic E-state index is 0.857. The van der Waals surface area contributed by atoms with Gasteiger partial charge in [-0.3, -0.25) is 4.79 Å². The molecule has 1 aromatic carbocycles. The van der Waals surface area contributed by atoms with E-state index in [1.807, 2.05) is 25.3 Å². The highest BCUT2D eigenvalue weighted by Crippen LogP contribution is 2.37. The van der Waals surface area contributed by atoms with Crippen LogP contribution in [0.2, 0.25) is 0 Å². The maximum Gasteiger partial charge on any atom is 0.152 e. The molecule has 0 spiro atoms. The second-order valence-corrected chi connectivity index (χ2v) is 5.20. The normalized spacial score (nSPS) is 10.7. The summed E-state index contributed by atoms with van der Waals surface area (Å²) in [5, 5.41) is 1.12. The SMILES string of the molecule is CSc1sc2cccc(C)c2c1C=O. The highest BCUT2D eigenvalue weighted by molar-refractivity contribution is 8.00. The zero-order valence-corrected chi connectivity index (χ0v) is 9.67. The molecule has 2 aromatic rings. The van der Waals surface area contributed by atoms with E-state index in [1.165, 1.54) is 10.3 Å². The molecule has 0 saturated heterocycles. The first-order chi connectivity index (χ1) is 6.77. The van der Waals surface area contributed by atoms with Crippen molar-refractivity contribution in [3.63, 3.8) is 0 Å². The third-order valence-electron chi connectivity index (χ3n) is 2.23. The first-order valence-corrected chi connectivity index (χ1v) is 6.33. The average molecular weight is 222 g/mol. The molecule has 2 rings (SSSR count). The summed E-state index contributed by atoms with van der Waals surface area (Å²) in [6.07, 6.45) is 2.98. The molecule has 0 fully saturated rings. The Hall–Kier alpha value is -0.800. The van der Waals surface area contributed by atoms with Crippen LogP contribution in [-0.4, -0.2) is 12.5 Å². The zero-order valence-electron chi connectivity index (χ0n) is 8.03. The van der Waals surface area contributed by atoms with E-state index in [0.29, 0.717) is 0 Å². The van der Waals surface area contributed by atoms with Crippen molar-refractivity contribution in [1.82, 2.24) is 0 Å². The van der Waals surface area contributed by atoms with E-state index >= 15 is 0 Å². The van der Waals surface area contributed by atoms with Crippen LogP contribution in [0.25, 0.3) is 10.1 Å². The Morgan fingerprint density at radius 2 is 2.21 bits per heavy atom. The van der Waals surface area contributed by atoms with E-state index in [2.05, 4.69) is 6.07 Å². The van der Waals surface area contributed by atoms with Crippen LogP contribution in [0.4, 0.5) is 0 Å². The zero-order chi connectivity index (χ0) is 10.1. The third kappa shape index (κ3) is 1.37. The Morgan fingerprint density at radius 1 is 1.43 bits per heavy atom. The molecular weight excluding hydrogens is 212 g/mol. The monoisotopic (exact) mass is 222 g/mol. The lowest BCUT2D eigenvalue weighted by molar-refractivity contribution is 0.112. The third-order valence-corrected chi connectivity index (χ3v) is 4.54.